The lowest BCUT2D eigenvalue weighted by Crippen LogP contribution is -2.52. The maximum atomic E-state index is 13.6. The molecule has 2 fully saturated rings. The van der Waals surface area contributed by atoms with Gasteiger partial charge in [-0.1, -0.05) is 24.3 Å². The van der Waals surface area contributed by atoms with Crippen molar-refractivity contribution in [3.8, 4) is 0 Å². The molecule has 1 aliphatic carbocycles. The van der Waals surface area contributed by atoms with Gasteiger partial charge in [-0.05, 0) is 19.8 Å². The van der Waals surface area contributed by atoms with Crippen LogP contribution in [-0.4, -0.2) is 86.1 Å². The molecule has 0 spiro atoms. The van der Waals surface area contributed by atoms with Gasteiger partial charge in [0.1, 0.15) is 5.70 Å². The molecule has 0 aromatic heterocycles. The molecule has 31 heavy (non-hydrogen) atoms. The molecule has 2 aliphatic heterocycles. The third kappa shape index (κ3) is 3.74. The van der Waals surface area contributed by atoms with Gasteiger partial charge < -0.3 is 14.5 Å². The second-order valence-electron chi connectivity index (χ2n) is 7.67. The van der Waals surface area contributed by atoms with Crippen LogP contribution in [0.4, 0.5) is 4.79 Å². The number of likely N-dealkylation sites (tertiary alicyclic amines) is 1. The number of fused-ring (bicyclic) bond motifs is 1. The van der Waals surface area contributed by atoms with E-state index in [4.69, 9.17) is 4.74 Å². The van der Waals surface area contributed by atoms with E-state index in [2.05, 4.69) is 0 Å². The third-order valence-electron chi connectivity index (χ3n) is 5.84. The Hall–Kier alpha value is -2.72. The fraction of sp³-hybridized carbons (Fsp3) is 0.476. The number of hydrogen-bond donors (Lipinski definition) is 0. The van der Waals surface area contributed by atoms with Crippen molar-refractivity contribution in [2.24, 2.45) is 0 Å². The molecule has 9 nitrogen and oxygen atoms in total. The molecular weight excluding hydrogens is 422 g/mol. The van der Waals surface area contributed by atoms with Crippen LogP contribution in [-0.2, 0) is 14.8 Å². The second kappa shape index (κ2) is 8.43. The number of piperazine rings is 1. The van der Waals surface area contributed by atoms with Gasteiger partial charge in [0, 0.05) is 50.4 Å². The Bertz CT molecular complexity index is 1050. The Balaban J connectivity index is 1.71. The Labute approximate surface area is 181 Å². The van der Waals surface area contributed by atoms with Gasteiger partial charge in [-0.2, -0.15) is 4.31 Å². The lowest BCUT2D eigenvalue weighted by molar-refractivity contribution is 0.0926. The van der Waals surface area contributed by atoms with Crippen LogP contribution < -0.4 is 0 Å². The molecule has 166 valence electrons. The van der Waals surface area contributed by atoms with E-state index in [0.717, 1.165) is 12.8 Å². The van der Waals surface area contributed by atoms with Crippen molar-refractivity contribution < 1.29 is 27.5 Å². The number of Topliss-reactive ketones (excluding diaryl/α,β-unsaturated/α-hetero) is 2. The van der Waals surface area contributed by atoms with Crippen molar-refractivity contribution in [1.82, 2.24) is 14.1 Å². The summed E-state index contributed by atoms with van der Waals surface area (Å²) in [5.74, 6) is -1.08. The standard InChI is InChI=1S/C21H25N3O6S/c1-2-30-21(27)23-11-13-24(14-12-23)31(28,29)20-17(22-9-5-6-10-22)18(25)15-7-3-4-8-16(15)19(20)26/h3-4,7-8H,2,5-6,9-14H2,1H3. The van der Waals surface area contributed by atoms with Crippen LogP contribution in [0, 0.1) is 0 Å². The maximum Gasteiger partial charge on any atom is 0.409 e. The molecular formula is C21H25N3O6S. The van der Waals surface area contributed by atoms with Crippen molar-refractivity contribution in [3.05, 3.63) is 46.0 Å². The van der Waals surface area contributed by atoms with Crippen LogP contribution >= 0.6 is 0 Å². The van der Waals surface area contributed by atoms with Crippen LogP contribution in [0.25, 0.3) is 0 Å². The first-order chi connectivity index (χ1) is 14.9. The molecule has 1 aromatic rings. The van der Waals surface area contributed by atoms with E-state index >= 15 is 0 Å². The number of nitrogens with zero attached hydrogens (tertiary/aromatic N) is 3. The van der Waals surface area contributed by atoms with E-state index < -0.39 is 32.6 Å². The number of amides is 1. The predicted molar refractivity (Wildman–Crippen MR) is 112 cm³/mol. The predicted octanol–water partition coefficient (Wildman–Crippen LogP) is 1.48. The minimum atomic E-state index is -4.24. The zero-order valence-electron chi connectivity index (χ0n) is 17.4. The molecule has 1 aromatic carbocycles. The molecule has 0 bridgehead atoms. The number of rotatable bonds is 4. The van der Waals surface area contributed by atoms with Gasteiger partial charge in [0.25, 0.3) is 0 Å². The van der Waals surface area contributed by atoms with Crippen LogP contribution in [0.15, 0.2) is 34.9 Å². The molecule has 3 aliphatic rings. The van der Waals surface area contributed by atoms with E-state index in [9.17, 15) is 22.8 Å². The highest BCUT2D eigenvalue weighted by Gasteiger charge is 2.44. The van der Waals surface area contributed by atoms with Gasteiger partial charge >= 0.3 is 6.09 Å². The average Bonchev–Trinajstić information content (AvgIpc) is 3.30. The van der Waals surface area contributed by atoms with Crippen LogP contribution in [0.2, 0.25) is 0 Å². The summed E-state index contributed by atoms with van der Waals surface area (Å²) in [5, 5.41) is 0. The summed E-state index contributed by atoms with van der Waals surface area (Å²) < 4.78 is 33.4. The Morgan fingerprint density at radius 2 is 1.52 bits per heavy atom. The van der Waals surface area contributed by atoms with E-state index in [-0.39, 0.29) is 49.6 Å². The summed E-state index contributed by atoms with van der Waals surface area (Å²) in [7, 11) is -4.24. The summed E-state index contributed by atoms with van der Waals surface area (Å²) in [6.45, 7) is 3.38. The summed E-state index contributed by atoms with van der Waals surface area (Å²) >= 11 is 0. The van der Waals surface area contributed by atoms with Gasteiger partial charge in [-0.15, -0.1) is 0 Å². The van der Waals surface area contributed by atoms with Gasteiger partial charge in [-0.25, -0.2) is 13.2 Å². The topological polar surface area (TPSA) is 104 Å². The number of ether oxygens (including phenoxy) is 1. The Kier molecular flexibility index (Phi) is 5.85. The molecule has 0 radical (unpaired) electrons. The molecule has 0 unspecified atom stereocenters. The smallest absolute Gasteiger partial charge is 0.409 e. The highest BCUT2D eigenvalue weighted by molar-refractivity contribution is 7.94. The molecule has 4 rings (SSSR count). The quantitative estimate of drug-likeness (QED) is 0.688. The monoisotopic (exact) mass is 447 g/mol. The minimum Gasteiger partial charge on any atom is -0.450 e. The lowest BCUT2D eigenvalue weighted by Gasteiger charge is -2.35. The van der Waals surface area contributed by atoms with Crippen molar-refractivity contribution in [1.29, 1.82) is 0 Å². The fourth-order valence-corrected chi connectivity index (χ4v) is 5.97. The first kappa shape index (κ1) is 21.5. The van der Waals surface area contributed by atoms with E-state index in [0.29, 0.717) is 13.1 Å². The highest BCUT2D eigenvalue weighted by atomic mass is 32.2. The summed E-state index contributed by atoms with van der Waals surface area (Å²) in [4.78, 5) is 41.3. The second-order valence-corrected chi connectivity index (χ2v) is 9.54. The van der Waals surface area contributed by atoms with Gasteiger partial charge in [-0.3, -0.25) is 9.59 Å². The fourth-order valence-electron chi connectivity index (χ4n) is 4.26. The molecule has 2 saturated heterocycles. The first-order valence-corrected chi connectivity index (χ1v) is 11.9. The molecule has 0 atom stereocenters. The van der Waals surface area contributed by atoms with E-state index in [1.807, 2.05) is 0 Å². The lowest BCUT2D eigenvalue weighted by atomic mass is 9.92. The normalized spacial score (nSPS) is 20.3. The maximum absolute atomic E-state index is 13.6. The minimum absolute atomic E-state index is 0.0194. The van der Waals surface area contributed by atoms with E-state index in [1.165, 1.54) is 15.3 Å². The zero-order chi connectivity index (χ0) is 22.2. The van der Waals surface area contributed by atoms with Crippen LogP contribution in [0.3, 0.4) is 0 Å². The number of carbonyl (C=O) groups is 3. The van der Waals surface area contributed by atoms with Crippen LogP contribution in [0.1, 0.15) is 40.5 Å². The first-order valence-electron chi connectivity index (χ1n) is 10.5. The van der Waals surface area contributed by atoms with Gasteiger partial charge in [0.05, 0.1) is 6.61 Å². The van der Waals surface area contributed by atoms with Crippen molar-refractivity contribution >= 4 is 27.7 Å². The van der Waals surface area contributed by atoms with Gasteiger partial charge in [0.2, 0.25) is 21.6 Å². The molecule has 0 N–H and O–H groups in total. The summed E-state index contributed by atoms with van der Waals surface area (Å²) in [5.41, 5.74) is 0.327. The van der Waals surface area contributed by atoms with Crippen molar-refractivity contribution in [2.45, 2.75) is 19.8 Å². The number of allylic oxidation sites excluding steroid dienone is 2. The van der Waals surface area contributed by atoms with Gasteiger partial charge in [0.15, 0.2) is 4.91 Å². The Morgan fingerprint density at radius 3 is 2.10 bits per heavy atom. The summed E-state index contributed by atoms with van der Waals surface area (Å²) in [6.07, 6.45) is 1.17. The SMILES string of the molecule is CCOC(=O)N1CCN(S(=O)(=O)C2=C(N3CCCC3)C(=O)c3ccccc3C2=O)CC1. The zero-order valence-corrected chi connectivity index (χ0v) is 18.2. The molecule has 2 heterocycles. The largest absolute Gasteiger partial charge is 0.450 e. The molecule has 1 amide bonds. The summed E-state index contributed by atoms with van der Waals surface area (Å²) in [6, 6.07) is 6.34. The third-order valence-corrected chi connectivity index (χ3v) is 7.78. The molecule has 0 saturated carbocycles. The molecule has 10 heteroatoms. The Morgan fingerprint density at radius 1 is 0.935 bits per heavy atom. The number of benzene rings is 1. The van der Waals surface area contributed by atoms with Crippen molar-refractivity contribution in [2.75, 3.05) is 45.9 Å². The average molecular weight is 448 g/mol. The number of sulfonamides is 1. The number of ketones is 2. The highest BCUT2D eigenvalue weighted by Crippen LogP contribution is 2.34. The van der Waals surface area contributed by atoms with Crippen molar-refractivity contribution in [3.63, 3.8) is 0 Å². The van der Waals surface area contributed by atoms with E-state index in [1.54, 1.807) is 30.0 Å². The van der Waals surface area contributed by atoms with Crippen LogP contribution in [0.5, 0.6) is 0 Å². The number of carbonyl (C=O) groups excluding carboxylic acids is 3. The number of hydrogen-bond acceptors (Lipinski definition) is 7.